The average Bonchev–Trinajstić information content (AvgIpc) is 3.22. The van der Waals surface area contributed by atoms with E-state index in [2.05, 4.69) is 11.2 Å². The maximum absolute atomic E-state index is 13.1. The fourth-order valence-electron chi connectivity index (χ4n) is 3.18. The minimum absolute atomic E-state index is 0.217. The standard InChI is InChI=1S/C21H14ClN3OS/c22-18-12-24-25(13-15-7-3-6-14-5-1-2-8-16(14)15)21(26)20(18)17(11-23)19-9-4-10-27-19/h1-10,12,17H,13H2. The van der Waals surface area contributed by atoms with Gasteiger partial charge in [-0.15, -0.1) is 11.3 Å². The van der Waals surface area contributed by atoms with Crippen molar-refractivity contribution >= 4 is 33.7 Å². The molecule has 4 aromatic rings. The highest BCUT2D eigenvalue weighted by atomic mass is 35.5. The number of hydrogen-bond donors (Lipinski definition) is 0. The van der Waals surface area contributed by atoms with E-state index in [1.165, 1.54) is 22.2 Å². The van der Waals surface area contributed by atoms with Gasteiger partial charge in [-0.05, 0) is 27.8 Å². The molecule has 0 spiro atoms. The molecular formula is C21H14ClN3OS. The molecule has 6 heteroatoms. The van der Waals surface area contributed by atoms with Crippen LogP contribution in [0.5, 0.6) is 0 Å². The number of halogens is 1. The van der Waals surface area contributed by atoms with Gasteiger partial charge in [-0.2, -0.15) is 10.4 Å². The van der Waals surface area contributed by atoms with Crippen LogP contribution in [0.2, 0.25) is 5.02 Å². The van der Waals surface area contributed by atoms with Crippen LogP contribution in [-0.2, 0) is 6.54 Å². The zero-order chi connectivity index (χ0) is 18.8. The Bertz CT molecular complexity index is 1200. The first kappa shape index (κ1) is 17.5. The van der Waals surface area contributed by atoms with Crippen LogP contribution in [0.4, 0.5) is 0 Å². The van der Waals surface area contributed by atoms with Gasteiger partial charge in [0.05, 0.1) is 29.4 Å². The molecule has 2 heterocycles. The van der Waals surface area contributed by atoms with E-state index in [9.17, 15) is 10.1 Å². The summed E-state index contributed by atoms with van der Waals surface area (Å²) in [5.41, 5.74) is 0.924. The van der Waals surface area contributed by atoms with E-state index in [-0.39, 0.29) is 16.1 Å². The van der Waals surface area contributed by atoms with Crippen LogP contribution in [0.25, 0.3) is 10.8 Å². The number of fused-ring (bicyclic) bond motifs is 1. The number of thiophene rings is 1. The Kier molecular flexibility index (Phi) is 4.76. The molecule has 0 aliphatic rings. The van der Waals surface area contributed by atoms with Gasteiger partial charge in [0.1, 0.15) is 5.92 Å². The summed E-state index contributed by atoms with van der Waals surface area (Å²) in [4.78, 5) is 13.9. The van der Waals surface area contributed by atoms with Crippen LogP contribution >= 0.6 is 22.9 Å². The number of benzene rings is 2. The molecule has 0 N–H and O–H groups in total. The van der Waals surface area contributed by atoms with E-state index in [1.807, 2.05) is 60.0 Å². The van der Waals surface area contributed by atoms with Crippen molar-refractivity contribution in [3.05, 3.63) is 97.6 Å². The third kappa shape index (κ3) is 3.25. The summed E-state index contributed by atoms with van der Waals surface area (Å²) in [6.45, 7) is 0.312. The van der Waals surface area contributed by atoms with Gasteiger partial charge in [-0.3, -0.25) is 4.79 Å². The third-order valence-electron chi connectivity index (χ3n) is 4.48. The monoisotopic (exact) mass is 391 g/mol. The molecule has 0 amide bonds. The topological polar surface area (TPSA) is 58.7 Å². The number of nitriles is 1. The quantitative estimate of drug-likeness (QED) is 0.501. The highest BCUT2D eigenvalue weighted by molar-refractivity contribution is 7.10. The predicted octanol–water partition coefficient (Wildman–Crippen LogP) is 4.82. The summed E-state index contributed by atoms with van der Waals surface area (Å²) < 4.78 is 1.38. The van der Waals surface area contributed by atoms with Gasteiger partial charge in [-0.1, -0.05) is 60.1 Å². The minimum Gasteiger partial charge on any atom is -0.267 e. The van der Waals surface area contributed by atoms with Crippen molar-refractivity contribution in [3.63, 3.8) is 0 Å². The molecule has 0 radical (unpaired) electrons. The van der Waals surface area contributed by atoms with E-state index in [0.717, 1.165) is 21.2 Å². The molecule has 2 aromatic carbocycles. The molecular weight excluding hydrogens is 378 g/mol. The maximum Gasteiger partial charge on any atom is 0.273 e. The lowest BCUT2D eigenvalue weighted by Gasteiger charge is -2.13. The van der Waals surface area contributed by atoms with Crippen LogP contribution in [0.15, 0.2) is 71.0 Å². The summed E-state index contributed by atoms with van der Waals surface area (Å²) in [6, 6.07) is 19.9. The largest absolute Gasteiger partial charge is 0.273 e. The highest BCUT2D eigenvalue weighted by Crippen LogP contribution is 2.29. The zero-order valence-corrected chi connectivity index (χ0v) is 15.7. The molecule has 0 saturated heterocycles. The van der Waals surface area contributed by atoms with Crippen LogP contribution in [0.3, 0.4) is 0 Å². The van der Waals surface area contributed by atoms with E-state index in [0.29, 0.717) is 6.54 Å². The molecule has 0 fully saturated rings. The van der Waals surface area contributed by atoms with Gasteiger partial charge in [0.15, 0.2) is 0 Å². The summed E-state index contributed by atoms with van der Waals surface area (Å²) >= 11 is 7.70. The fraction of sp³-hybridized carbons (Fsp3) is 0.0952. The van der Waals surface area contributed by atoms with Crippen molar-refractivity contribution in [1.82, 2.24) is 9.78 Å². The second-order valence-electron chi connectivity index (χ2n) is 6.08. The lowest BCUT2D eigenvalue weighted by Crippen LogP contribution is -2.28. The second-order valence-corrected chi connectivity index (χ2v) is 7.47. The van der Waals surface area contributed by atoms with E-state index >= 15 is 0 Å². The Hall–Kier alpha value is -2.94. The van der Waals surface area contributed by atoms with Gasteiger partial charge in [0.2, 0.25) is 0 Å². The van der Waals surface area contributed by atoms with Crippen molar-refractivity contribution in [2.45, 2.75) is 12.5 Å². The molecule has 2 aromatic heterocycles. The maximum atomic E-state index is 13.1. The molecule has 0 saturated carbocycles. The van der Waals surface area contributed by atoms with Crippen LogP contribution < -0.4 is 5.56 Å². The molecule has 132 valence electrons. The second kappa shape index (κ2) is 7.36. The van der Waals surface area contributed by atoms with Crippen molar-refractivity contribution in [2.75, 3.05) is 0 Å². The van der Waals surface area contributed by atoms with Crippen molar-refractivity contribution in [2.24, 2.45) is 0 Å². The van der Waals surface area contributed by atoms with Gasteiger partial charge in [0, 0.05) is 4.88 Å². The van der Waals surface area contributed by atoms with Crippen LogP contribution in [-0.4, -0.2) is 9.78 Å². The summed E-state index contributed by atoms with van der Waals surface area (Å²) in [7, 11) is 0. The van der Waals surface area contributed by atoms with Crippen molar-refractivity contribution in [3.8, 4) is 6.07 Å². The van der Waals surface area contributed by atoms with Crippen molar-refractivity contribution in [1.29, 1.82) is 5.26 Å². The van der Waals surface area contributed by atoms with Gasteiger partial charge >= 0.3 is 0 Å². The molecule has 4 nitrogen and oxygen atoms in total. The number of hydrogen-bond acceptors (Lipinski definition) is 4. The lowest BCUT2D eigenvalue weighted by molar-refractivity contribution is 0.631. The van der Waals surface area contributed by atoms with Gasteiger partial charge in [-0.25, -0.2) is 4.68 Å². The van der Waals surface area contributed by atoms with Gasteiger partial charge in [0.25, 0.3) is 5.56 Å². The molecule has 0 aliphatic carbocycles. The predicted molar refractivity (Wildman–Crippen MR) is 108 cm³/mol. The first-order valence-corrected chi connectivity index (χ1v) is 9.60. The van der Waals surface area contributed by atoms with Crippen LogP contribution in [0, 0.1) is 11.3 Å². The first-order valence-electron chi connectivity index (χ1n) is 8.34. The highest BCUT2D eigenvalue weighted by Gasteiger charge is 2.23. The van der Waals surface area contributed by atoms with Gasteiger partial charge < -0.3 is 0 Å². The Morgan fingerprint density at radius 1 is 1.15 bits per heavy atom. The SMILES string of the molecule is N#CC(c1cccs1)c1c(Cl)cnn(Cc2cccc3ccccc23)c1=O. The normalized spacial score (nSPS) is 12.0. The number of aromatic nitrogens is 2. The molecule has 1 atom stereocenters. The molecule has 4 rings (SSSR count). The summed E-state index contributed by atoms with van der Waals surface area (Å²) in [6.07, 6.45) is 1.45. The Balaban J connectivity index is 1.81. The molecule has 0 bridgehead atoms. The third-order valence-corrected chi connectivity index (χ3v) is 5.72. The molecule has 0 aliphatic heterocycles. The Morgan fingerprint density at radius 3 is 2.74 bits per heavy atom. The van der Waals surface area contributed by atoms with Crippen molar-refractivity contribution < 1.29 is 0 Å². The minimum atomic E-state index is -0.702. The lowest BCUT2D eigenvalue weighted by atomic mass is 10.0. The molecule has 1 unspecified atom stereocenters. The average molecular weight is 392 g/mol. The zero-order valence-electron chi connectivity index (χ0n) is 14.2. The first-order chi connectivity index (χ1) is 13.2. The smallest absolute Gasteiger partial charge is 0.267 e. The van der Waals surface area contributed by atoms with E-state index in [4.69, 9.17) is 11.6 Å². The van der Waals surface area contributed by atoms with Crippen LogP contribution in [0.1, 0.15) is 21.9 Å². The summed E-state index contributed by atoms with van der Waals surface area (Å²) in [5, 5.41) is 18.1. The summed E-state index contributed by atoms with van der Waals surface area (Å²) in [5.74, 6) is -0.702. The number of nitrogens with zero attached hydrogens (tertiary/aromatic N) is 3. The Morgan fingerprint density at radius 2 is 1.96 bits per heavy atom. The molecule has 27 heavy (non-hydrogen) atoms. The number of rotatable bonds is 4. The van der Waals surface area contributed by atoms with E-state index < -0.39 is 5.92 Å². The fourth-order valence-corrected chi connectivity index (χ4v) is 4.19. The van der Waals surface area contributed by atoms with E-state index in [1.54, 1.807) is 0 Å². The Labute approximate surface area is 164 Å².